The molecule has 0 saturated heterocycles. The molecule has 0 heterocycles. The Morgan fingerprint density at radius 3 is 2.52 bits per heavy atom. The van der Waals surface area contributed by atoms with Crippen molar-refractivity contribution in [3.8, 4) is 0 Å². The highest BCUT2D eigenvalue weighted by Crippen LogP contribution is 2.36. The lowest BCUT2D eigenvalue weighted by Crippen LogP contribution is -2.28. The summed E-state index contributed by atoms with van der Waals surface area (Å²) in [4.78, 5) is -0.738. The Balaban J connectivity index is 2.34. The second-order valence-corrected chi connectivity index (χ2v) is 7.26. The Morgan fingerprint density at radius 2 is 1.90 bits per heavy atom. The van der Waals surface area contributed by atoms with Gasteiger partial charge in [0.25, 0.3) is 9.84 Å². The van der Waals surface area contributed by atoms with Gasteiger partial charge in [0, 0.05) is 11.9 Å². The van der Waals surface area contributed by atoms with Crippen LogP contribution in [0.5, 0.6) is 0 Å². The molecule has 2 rings (SSSR count). The number of nitrogens with one attached hydrogen (secondary N) is 1. The number of benzene rings is 1. The Morgan fingerprint density at radius 1 is 1.24 bits per heavy atom. The number of rotatable bonds is 4. The van der Waals surface area contributed by atoms with Crippen LogP contribution in [0.1, 0.15) is 19.3 Å². The van der Waals surface area contributed by atoms with Gasteiger partial charge in [-0.1, -0.05) is 18.6 Å². The highest BCUT2D eigenvalue weighted by atomic mass is 35.5. The van der Waals surface area contributed by atoms with E-state index >= 15 is 0 Å². The summed E-state index contributed by atoms with van der Waals surface area (Å²) < 4.78 is 61.4. The fourth-order valence-corrected chi connectivity index (χ4v) is 3.85. The first-order valence-corrected chi connectivity index (χ1v) is 8.52. The molecule has 1 aromatic carbocycles. The summed E-state index contributed by atoms with van der Waals surface area (Å²) >= 11 is 5.83. The van der Waals surface area contributed by atoms with Crippen LogP contribution in [0.4, 0.5) is 18.9 Å². The molecule has 2 unspecified atom stereocenters. The molecular formula is C13H15ClF3NO2S. The van der Waals surface area contributed by atoms with Crippen molar-refractivity contribution >= 4 is 27.1 Å². The minimum atomic E-state index is -5.37. The molecule has 21 heavy (non-hydrogen) atoms. The van der Waals surface area contributed by atoms with E-state index < -0.39 is 20.2 Å². The van der Waals surface area contributed by atoms with Crippen LogP contribution in [0, 0.1) is 5.92 Å². The van der Waals surface area contributed by atoms with Gasteiger partial charge in [-0.3, -0.25) is 0 Å². The molecule has 1 aromatic rings. The van der Waals surface area contributed by atoms with Crippen molar-refractivity contribution in [2.45, 2.75) is 35.7 Å². The van der Waals surface area contributed by atoms with Crippen molar-refractivity contribution in [3.05, 3.63) is 24.3 Å². The van der Waals surface area contributed by atoms with Crippen LogP contribution in [0.15, 0.2) is 29.2 Å². The monoisotopic (exact) mass is 341 g/mol. The number of halogens is 4. The van der Waals surface area contributed by atoms with E-state index in [1.807, 2.05) is 0 Å². The minimum Gasteiger partial charge on any atom is -0.381 e. The molecule has 0 spiro atoms. The first-order valence-electron chi connectivity index (χ1n) is 6.50. The van der Waals surface area contributed by atoms with E-state index in [1.54, 1.807) is 0 Å². The van der Waals surface area contributed by atoms with Gasteiger partial charge in [-0.15, -0.1) is 11.6 Å². The molecule has 1 aliphatic carbocycles. The van der Waals surface area contributed by atoms with Crippen LogP contribution in [0.2, 0.25) is 0 Å². The van der Waals surface area contributed by atoms with Gasteiger partial charge in [0.1, 0.15) is 0 Å². The van der Waals surface area contributed by atoms with Crippen LogP contribution >= 0.6 is 11.6 Å². The number of sulfone groups is 1. The molecular weight excluding hydrogens is 327 g/mol. The molecule has 1 aliphatic rings. The van der Waals surface area contributed by atoms with Crippen LogP contribution in [-0.2, 0) is 9.84 Å². The Kier molecular flexibility index (Phi) is 4.72. The Labute approximate surface area is 126 Å². The van der Waals surface area contributed by atoms with Gasteiger partial charge in [-0.25, -0.2) is 8.42 Å². The van der Waals surface area contributed by atoms with E-state index in [0.29, 0.717) is 5.88 Å². The lowest BCUT2D eigenvalue weighted by Gasteiger charge is -2.22. The van der Waals surface area contributed by atoms with Gasteiger partial charge in [0.05, 0.1) is 10.6 Å². The topological polar surface area (TPSA) is 46.2 Å². The molecule has 3 nitrogen and oxygen atoms in total. The fraction of sp³-hybridized carbons (Fsp3) is 0.538. The van der Waals surface area contributed by atoms with Crippen molar-refractivity contribution in [2.75, 3.05) is 11.2 Å². The average Bonchev–Trinajstić information content (AvgIpc) is 2.85. The normalized spacial score (nSPS) is 23.2. The quantitative estimate of drug-likeness (QED) is 0.847. The van der Waals surface area contributed by atoms with Crippen molar-refractivity contribution in [3.63, 3.8) is 0 Å². The van der Waals surface area contributed by atoms with E-state index in [2.05, 4.69) is 5.32 Å². The number of hydrogen-bond acceptors (Lipinski definition) is 3. The third-order valence-electron chi connectivity index (χ3n) is 3.68. The predicted octanol–water partition coefficient (Wildman–Crippen LogP) is 3.80. The van der Waals surface area contributed by atoms with E-state index in [4.69, 9.17) is 11.6 Å². The highest BCUT2D eigenvalue weighted by molar-refractivity contribution is 7.92. The first kappa shape index (κ1) is 16.4. The fourth-order valence-electron chi connectivity index (χ4n) is 2.56. The van der Waals surface area contributed by atoms with Crippen molar-refractivity contribution in [1.29, 1.82) is 0 Å². The largest absolute Gasteiger partial charge is 0.501 e. The molecule has 8 heteroatoms. The molecule has 0 aromatic heterocycles. The van der Waals surface area contributed by atoms with E-state index in [0.717, 1.165) is 25.3 Å². The van der Waals surface area contributed by atoms with Gasteiger partial charge in [-0.2, -0.15) is 13.2 Å². The number of para-hydroxylation sites is 1. The second-order valence-electron chi connectivity index (χ2n) is 5.04. The molecule has 1 N–H and O–H groups in total. The molecule has 0 bridgehead atoms. The van der Waals surface area contributed by atoms with E-state index in [1.165, 1.54) is 18.2 Å². The zero-order chi connectivity index (χ0) is 15.7. The maximum absolute atomic E-state index is 12.7. The maximum Gasteiger partial charge on any atom is 0.501 e. The standard InChI is InChI=1S/C13H15ClF3NO2S/c14-8-9-4-3-6-10(9)18-11-5-1-2-7-12(11)21(19,20)13(15,16)17/h1-2,5,7,9-10,18H,3-4,6,8H2. The lowest BCUT2D eigenvalue weighted by atomic mass is 10.1. The molecule has 0 radical (unpaired) electrons. The smallest absolute Gasteiger partial charge is 0.381 e. The van der Waals surface area contributed by atoms with E-state index in [-0.39, 0.29) is 17.6 Å². The lowest BCUT2D eigenvalue weighted by molar-refractivity contribution is -0.0435. The summed E-state index contributed by atoms with van der Waals surface area (Å²) in [6.07, 6.45) is 2.57. The number of anilines is 1. The Hall–Kier alpha value is -0.950. The summed E-state index contributed by atoms with van der Waals surface area (Å²) in [5, 5.41) is 2.93. The van der Waals surface area contributed by atoms with Gasteiger partial charge in [0.2, 0.25) is 0 Å². The molecule has 0 aliphatic heterocycles. The zero-order valence-electron chi connectivity index (χ0n) is 11.0. The number of alkyl halides is 4. The SMILES string of the molecule is O=S(=O)(c1ccccc1NC1CCCC1CCl)C(F)(F)F. The van der Waals surface area contributed by atoms with Crippen LogP contribution in [0.25, 0.3) is 0 Å². The van der Waals surface area contributed by atoms with Gasteiger partial charge >= 0.3 is 5.51 Å². The summed E-state index contributed by atoms with van der Waals surface area (Å²) in [6, 6.07) is 4.99. The number of hydrogen-bond donors (Lipinski definition) is 1. The predicted molar refractivity (Wildman–Crippen MR) is 75.2 cm³/mol. The third-order valence-corrected chi connectivity index (χ3v) is 5.62. The van der Waals surface area contributed by atoms with Gasteiger partial charge in [0.15, 0.2) is 0 Å². The summed E-state index contributed by atoms with van der Waals surface area (Å²) in [7, 11) is -5.37. The summed E-state index contributed by atoms with van der Waals surface area (Å²) in [5.74, 6) is 0.527. The maximum atomic E-state index is 12.7. The van der Waals surface area contributed by atoms with E-state index in [9.17, 15) is 21.6 Å². The van der Waals surface area contributed by atoms with Crippen molar-refractivity contribution in [2.24, 2.45) is 5.92 Å². The summed E-state index contributed by atoms with van der Waals surface area (Å²) in [5.41, 5.74) is -5.33. The van der Waals surface area contributed by atoms with Crippen LogP contribution in [0.3, 0.4) is 0 Å². The average molecular weight is 342 g/mol. The third kappa shape index (κ3) is 3.29. The zero-order valence-corrected chi connectivity index (χ0v) is 12.6. The van der Waals surface area contributed by atoms with Crippen LogP contribution < -0.4 is 5.32 Å². The van der Waals surface area contributed by atoms with Crippen molar-refractivity contribution in [1.82, 2.24) is 0 Å². The highest BCUT2D eigenvalue weighted by Gasteiger charge is 2.48. The van der Waals surface area contributed by atoms with Gasteiger partial charge in [-0.05, 0) is 30.9 Å². The summed E-state index contributed by atoms with van der Waals surface area (Å²) in [6.45, 7) is 0. The molecule has 1 saturated carbocycles. The molecule has 1 fully saturated rings. The van der Waals surface area contributed by atoms with Crippen molar-refractivity contribution < 1.29 is 21.6 Å². The first-order chi connectivity index (χ1) is 9.77. The van der Waals surface area contributed by atoms with Gasteiger partial charge < -0.3 is 5.32 Å². The molecule has 0 amide bonds. The minimum absolute atomic E-state index is 0.0168. The van der Waals surface area contributed by atoms with Crippen LogP contribution in [-0.4, -0.2) is 25.8 Å². The Bertz CT molecular complexity index is 604. The second kappa shape index (κ2) is 6.04. The molecule has 2 atom stereocenters. The molecule has 118 valence electrons.